The number of carbonyl (C=O) groups excluding carboxylic acids is 2. The maximum atomic E-state index is 12.9. The molecule has 3 N–H and O–H groups in total. The Hall–Kier alpha value is -1.97. The molecule has 0 radical (unpaired) electrons. The maximum Gasteiger partial charge on any atom is 0.270 e. The van der Waals surface area contributed by atoms with Crippen LogP contribution in [0.15, 0.2) is 29.0 Å². The van der Waals surface area contributed by atoms with Gasteiger partial charge in [0.15, 0.2) is 5.82 Å². The summed E-state index contributed by atoms with van der Waals surface area (Å²) in [7, 11) is 0. The Labute approximate surface area is 170 Å². The van der Waals surface area contributed by atoms with Crippen molar-refractivity contribution >= 4 is 39.3 Å². The molecule has 0 unspecified atom stereocenters. The van der Waals surface area contributed by atoms with Crippen LogP contribution in [0.25, 0.3) is 5.82 Å². The summed E-state index contributed by atoms with van der Waals surface area (Å²) in [6.07, 6.45) is 2.61. The number of nitrogens with one attached hydrogen (secondary N) is 1. The third-order valence-corrected chi connectivity index (χ3v) is 4.99. The van der Waals surface area contributed by atoms with Gasteiger partial charge in [-0.25, -0.2) is 15.5 Å². The van der Waals surface area contributed by atoms with Crippen LogP contribution in [0.3, 0.4) is 0 Å². The van der Waals surface area contributed by atoms with E-state index in [4.69, 9.17) is 17.4 Å². The second kappa shape index (κ2) is 6.88. The minimum absolute atomic E-state index is 0.209. The fourth-order valence-electron chi connectivity index (χ4n) is 2.54. The van der Waals surface area contributed by atoms with E-state index in [2.05, 4.69) is 31.3 Å². The molecule has 8 nitrogen and oxygen atoms in total. The molecule has 0 bridgehead atoms. The van der Waals surface area contributed by atoms with Crippen LogP contribution in [0.2, 0.25) is 5.02 Å². The summed E-state index contributed by atoms with van der Waals surface area (Å²) < 4.78 is 1.78. The third kappa shape index (κ3) is 3.85. The van der Waals surface area contributed by atoms with Crippen LogP contribution in [0, 0.1) is 0 Å². The molecule has 144 valence electrons. The molecular weight excluding hydrogens is 436 g/mol. The number of hydrazine groups is 1. The Kier molecular flexibility index (Phi) is 5.04. The van der Waals surface area contributed by atoms with Gasteiger partial charge in [-0.15, -0.1) is 0 Å². The lowest BCUT2D eigenvalue weighted by Gasteiger charge is -2.34. The molecule has 3 rings (SSSR count). The van der Waals surface area contributed by atoms with E-state index in [0.29, 0.717) is 28.3 Å². The molecule has 1 aliphatic carbocycles. The number of hydrogen-bond donors (Lipinski definition) is 2. The van der Waals surface area contributed by atoms with Gasteiger partial charge in [-0.1, -0.05) is 11.6 Å². The molecule has 2 heterocycles. The summed E-state index contributed by atoms with van der Waals surface area (Å²) in [5, 5.41) is 8.57. The van der Waals surface area contributed by atoms with E-state index >= 15 is 0 Å². The average Bonchev–Trinajstić information content (AvgIpc) is 3.26. The van der Waals surface area contributed by atoms with Gasteiger partial charge in [0.25, 0.3) is 11.8 Å². The minimum atomic E-state index is -0.991. The van der Waals surface area contributed by atoms with Crippen LogP contribution >= 0.6 is 27.5 Å². The number of hydrogen-bond acceptors (Lipinski definition) is 5. The highest BCUT2D eigenvalue weighted by Gasteiger charge is 2.54. The van der Waals surface area contributed by atoms with Crippen molar-refractivity contribution in [3.63, 3.8) is 0 Å². The molecule has 27 heavy (non-hydrogen) atoms. The minimum Gasteiger partial charge on any atom is -0.336 e. The Balaban J connectivity index is 1.88. The molecule has 0 aromatic carbocycles. The molecular formula is C17H20BrClN6O2. The molecule has 1 fully saturated rings. The Morgan fingerprint density at radius 2 is 2.07 bits per heavy atom. The van der Waals surface area contributed by atoms with Crippen molar-refractivity contribution < 1.29 is 9.59 Å². The first-order valence-corrected chi connectivity index (χ1v) is 9.51. The van der Waals surface area contributed by atoms with E-state index in [1.807, 2.05) is 20.8 Å². The largest absolute Gasteiger partial charge is 0.336 e. The first-order chi connectivity index (χ1) is 12.5. The van der Waals surface area contributed by atoms with Crippen LogP contribution < -0.4 is 11.2 Å². The van der Waals surface area contributed by atoms with Crippen molar-refractivity contribution in [3.05, 3.63) is 39.7 Å². The number of aromatic nitrogens is 3. The van der Waals surface area contributed by atoms with Crippen LogP contribution in [0.5, 0.6) is 0 Å². The van der Waals surface area contributed by atoms with E-state index in [0.717, 1.165) is 0 Å². The lowest BCUT2D eigenvalue weighted by molar-refractivity contribution is -0.139. The second-order valence-electron chi connectivity index (χ2n) is 7.46. The average molecular weight is 456 g/mol. The monoisotopic (exact) mass is 454 g/mol. The van der Waals surface area contributed by atoms with E-state index in [9.17, 15) is 9.59 Å². The highest BCUT2D eigenvalue weighted by molar-refractivity contribution is 9.10. The zero-order valence-electron chi connectivity index (χ0n) is 15.2. The Morgan fingerprint density at radius 3 is 2.63 bits per heavy atom. The van der Waals surface area contributed by atoms with Gasteiger partial charge < -0.3 is 5.32 Å². The van der Waals surface area contributed by atoms with Gasteiger partial charge in [0.05, 0.1) is 10.6 Å². The molecule has 1 aliphatic rings. The van der Waals surface area contributed by atoms with Crippen LogP contribution in [-0.2, 0) is 4.79 Å². The molecule has 2 amide bonds. The number of amides is 2. The highest BCUT2D eigenvalue weighted by atomic mass is 79.9. The van der Waals surface area contributed by atoms with Crippen LogP contribution in [0.4, 0.5) is 0 Å². The van der Waals surface area contributed by atoms with E-state index in [1.54, 1.807) is 24.4 Å². The predicted molar refractivity (Wildman–Crippen MR) is 104 cm³/mol. The van der Waals surface area contributed by atoms with Gasteiger partial charge in [0.2, 0.25) is 0 Å². The topological polar surface area (TPSA) is 106 Å². The van der Waals surface area contributed by atoms with Crippen molar-refractivity contribution in [2.75, 3.05) is 0 Å². The summed E-state index contributed by atoms with van der Waals surface area (Å²) in [6, 6.07) is 4.89. The van der Waals surface area contributed by atoms with Gasteiger partial charge in [0, 0.05) is 12.3 Å². The molecule has 0 saturated heterocycles. The number of nitrogens with two attached hydrogens (primary N) is 1. The first kappa shape index (κ1) is 19.8. The van der Waals surface area contributed by atoms with Crippen LogP contribution in [0.1, 0.15) is 44.1 Å². The fourth-order valence-corrected chi connectivity index (χ4v) is 3.12. The fraction of sp³-hybridized carbons (Fsp3) is 0.412. The normalized spacial score (nSPS) is 15.3. The zero-order valence-corrected chi connectivity index (χ0v) is 17.5. The zero-order chi connectivity index (χ0) is 20.0. The molecule has 0 atom stereocenters. The van der Waals surface area contributed by atoms with E-state index in [-0.39, 0.29) is 11.6 Å². The highest BCUT2D eigenvalue weighted by Crippen LogP contribution is 2.38. The van der Waals surface area contributed by atoms with Gasteiger partial charge in [-0.05, 0) is 61.7 Å². The van der Waals surface area contributed by atoms with Crippen molar-refractivity contribution in [1.29, 1.82) is 0 Å². The molecule has 2 aromatic heterocycles. The second-order valence-corrected chi connectivity index (χ2v) is 8.67. The van der Waals surface area contributed by atoms with Gasteiger partial charge in [0.1, 0.15) is 15.8 Å². The Morgan fingerprint density at radius 1 is 1.41 bits per heavy atom. The predicted octanol–water partition coefficient (Wildman–Crippen LogP) is 2.45. The smallest absolute Gasteiger partial charge is 0.270 e. The van der Waals surface area contributed by atoms with Gasteiger partial charge >= 0.3 is 0 Å². The first-order valence-electron chi connectivity index (χ1n) is 8.33. The van der Waals surface area contributed by atoms with Gasteiger partial charge in [-0.3, -0.25) is 14.6 Å². The quantitative estimate of drug-likeness (QED) is 0.418. The number of pyridine rings is 1. The SMILES string of the molecule is CC(C)(C)N(N)C(=O)C1(NC(=O)c2cc(Br)nn2-c2ncccc2Cl)CC1. The van der Waals surface area contributed by atoms with Gasteiger partial charge in [-0.2, -0.15) is 5.10 Å². The van der Waals surface area contributed by atoms with Crippen molar-refractivity contribution in [2.45, 2.75) is 44.7 Å². The number of rotatable bonds is 4. The molecule has 0 spiro atoms. The Bertz CT molecular complexity index is 903. The van der Waals surface area contributed by atoms with Crippen molar-refractivity contribution in [1.82, 2.24) is 25.1 Å². The maximum absolute atomic E-state index is 12.9. The van der Waals surface area contributed by atoms with E-state index < -0.39 is 17.0 Å². The van der Waals surface area contributed by atoms with Crippen LogP contribution in [-0.4, -0.2) is 42.7 Å². The molecule has 1 saturated carbocycles. The van der Waals surface area contributed by atoms with Crippen molar-refractivity contribution in [2.24, 2.45) is 5.84 Å². The van der Waals surface area contributed by atoms with E-state index in [1.165, 1.54) is 9.69 Å². The molecule has 10 heteroatoms. The summed E-state index contributed by atoms with van der Waals surface area (Å²) in [6.45, 7) is 5.49. The summed E-state index contributed by atoms with van der Waals surface area (Å²) in [5.41, 5.74) is -1.33. The summed E-state index contributed by atoms with van der Waals surface area (Å²) in [5.74, 6) is 5.51. The lowest BCUT2D eigenvalue weighted by atomic mass is 10.1. The van der Waals surface area contributed by atoms with Crippen molar-refractivity contribution in [3.8, 4) is 5.82 Å². The number of carbonyl (C=O) groups is 2. The third-order valence-electron chi connectivity index (χ3n) is 4.31. The number of halogens is 2. The molecule has 0 aliphatic heterocycles. The standard InChI is InChI=1S/C17H20BrClN6O2/c1-16(2,3)25(20)15(27)17(6-7-17)22-14(26)11-9-12(18)23-24(11)13-10(19)5-4-8-21-13/h4-5,8-9H,6-7,20H2,1-3H3,(H,22,26). The summed E-state index contributed by atoms with van der Waals surface area (Å²) in [4.78, 5) is 29.9. The lowest BCUT2D eigenvalue weighted by Crippen LogP contribution is -2.59. The number of nitrogens with zero attached hydrogens (tertiary/aromatic N) is 4. The summed E-state index contributed by atoms with van der Waals surface area (Å²) >= 11 is 9.45. The molecule has 2 aromatic rings.